The normalized spacial score (nSPS) is 15.5. The minimum absolute atomic E-state index is 0.0152. The number of carbonyl (C=O) groups excluding carboxylic acids is 1. The predicted molar refractivity (Wildman–Crippen MR) is 132 cm³/mol. The van der Waals surface area contributed by atoms with Gasteiger partial charge in [0, 0.05) is 19.7 Å². The highest BCUT2D eigenvalue weighted by Gasteiger charge is 2.25. The highest BCUT2D eigenvalue weighted by atomic mass is 32.2. The molecule has 1 fully saturated rings. The quantitative estimate of drug-likeness (QED) is 0.369. The first kappa shape index (κ1) is 25.0. The Bertz CT molecular complexity index is 1240. The van der Waals surface area contributed by atoms with Gasteiger partial charge in [0.15, 0.2) is 11.5 Å². The summed E-state index contributed by atoms with van der Waals surface area (Å²) in [7, 11) is -1.18. The van der Waals surface area contributed by atoms with E-state index in [4.69, 9.17) is 18.4 Å². The van der Waals surface area contributed by atoms with E-state index in [0.29, 0.717) is 29.3 Å². The molecule has 1 atom stereocenters. The fraction of sp³-hybridized carbons (Fsp3) is 0.320. The van der Waals surface area contributed by atoms with Crippen molar-refractivity contribution < 1.29 is 31.6 Å². The molecule has 8 nitrogen and oxygen atoms in total. The number of carbonyl (C=O) groups is 1. The van der Waals surface area contributed by atoms with Gasteiger partial charge in [-0.2, -0.15) is 8.42 Å². The van der Waals surface area contributed by atoms with Crippen LogP contribution in [0.3, 0.4) is 0 Å². The van der Waals surface area contributed by atoms with Crippen molar-refractivity contribution in [2.24, 2.45) is 0 Å². The molecule has 2 heterocycles. The Hall–Kier alpha value is -3.08. The van der Waals surface area contributed by atoms with Gasteiger partial charge in [0.1, 0.15) is 10.6 Å². The molecule has 0 aliphatic carbocycles. The average Bonchev–Trinajstić information content (AvgIpc) is 3.58. The highest BCUT2D eigenvalue weighted by Crippen LogP contribution is 2.32. The van der Waals surface area contributed by atoms with Crippen LogP contribution in [0.2, 0.25) is 0 Å². The van der Waals surface area contributed by atoms with E-state index in [1.807, 2.05) is 11.4 Å². The van der Waals surface area contributed by atoms with Gasteiger partial charge in [0.05, 0.1) is 25.2 Å². The van der Waals surface area contributed by atoms with Crippen LogP contribution in [0, 0.1) is 0 Å². The first-order valence-corrected chi connectivity index (χ1v) is 13.4. The Kier molecular flexibility index (Phi) is 7.94. The lowest BCUT2D eigenvalue weighted by Crippen LogP contribution is -2.36. The van der Waals surface area contributed by atoms with Crippen molar-refractivity contribution in [2.45, 2.75) is 30.4 Å². The van der Waals surface area contributed by atoms with Crippen LogP contribution in [0.25, 0.3) is 0 Å². The summed E-state index contributed by atoms with van der Waals surface area (Å²) in [5.41, 5.74) is 0.702. The molecule has 0 N–H and O–H groups in total. The number of thiophene rings is 1. The highest BCUT2D eigenvalue weighted by molar-refractivity contribution is 7.87. The molecule has 1 aromatic heterocycles. The SMILES string of the molecule is COc1ccc(S(=O)(=O)Oc2cc(CN(CC3CCCO3)C(=O)c3cccs3)ccc2OC)cc1. The second kappa shape index (κ2) is 11.1. The van der Waals surface area contributed by atoms with E-state index >= 15 is 0 Å². The van der Waals surface area contributed by atoms with E-state index in [1.165, 1.54) is 37.7 Å². The Morgan fingerprint density at radius 2 is 1.89 bits per heavy atom. The molecule has 2 aromatic carbocycles. The summed E-state index contributed by atoms with van der Waals surface area (Å²) in [5.74, 6) is 0.743. The van der Waals surface area contributed by atoms with Crippen molar-refractivity contribution in [2.75, 3.05) is 27.4 Å². The zero-order valence-electron chi connectivity index (χ0n) is 19.5. The summed E-state index contributed by atoms with van der Waals surface area (Å²) in [6, 6.07) is 14.5. The molecule has 1 aliphatic rings. The topological polar surface area (TPSA) is 91.4 Å². The predicted octanol–water partition coefficient (Wildman–Crippen LogP) is 4.35. The molecule has 3 aromatic rings. The third-order valence-electron chi connectivity index (χ3n) is 5.62. The van der Waals surface area contributed by atoms with Crippen molar-refractivity contribution in [3.8, 4) is 17.2 Å². The lowest BCUT2D eigenvalue weighted by atomic mass is 10.1. The zero-order chi connectivity index (χ0) is 24.8. The molecule has 1 amide bonds. The first-order valence-electron chi connectivity index (χ1n) is 11.1. The Balaban J connectivity index is 1.58. The molecule has 0 saturated carbocycles. The second-order valence-electron chi connectivity index (χ2n) is 8.00. The number of rotatable bonds is 10. The lowest BCUT2D eigenvalue weighted by Gasteiger charge is -2.25. The lowest BCUT2D eigenvalue weighted by molar-refractivity contribution is 0.0511. The van der Waals surface area contributed by atoms with E-state index < -0.39 is 10.1 Å². The van der Waals surface area contributed by atoms with Gasteiger partial charge in [-0.1, -0.05) is 12.1 Å². The molecule has 186 valence electrons. The van der Waals surface area contributed by atoms with Gasteiger partial charge in [0.2, 0.25) is 0 Å². The zero-order valence-corrected chi connectivity index (χ0v) is 21.1. The largest absolute Gasteiger partial charge is 0.497 e. The monoisotopic (exact) mass is 517 g/mol. The third kappa shape index (κ3) is 6.14. The van der Waals surface area contributed by atoms with E-state index in [1.54, 1.807) is 41.3 Å². The molecular weight excluding hydrogens is 490 g/mol. The van der Waals surface area contributed by atoms with Gasteiger partial charge in [0.25, 0.3) is 5.91 Å². The third-order valence-corrected chi connectivity index (χ3v) is 7.72. The van der Waals surface area contributed by atoms with Crippen LogP contribution in [0.1, 0.15) is 28.1 Å². The van der Waals surface area contributed by atoms with E-state index in [9.17, 15) is 13.2 Å². The Morgan fingerprint density at radius 1 is 1.09 bits per heavy atom. The van der Waals surface area contributed by atoms with Crippen molar-refractivity contribution in [3.05, 3.63) is 70.4 Å². The number of nitrogens with zero attached hydrogens (tertiary/aromatic N) is 1. The molecular formula is C25H27NO7S2. The van der Waals surface area contributed by atoms with Gasteiger partial charge in [-0.3, -0.25) is 4.79 Å². The van der Waals surface area contributed by atoms with Crippen LogP contribution in [-0.4, -0.2) is 52.7 Å². The Labute approximate surface area is 209 Å². The van der Waals surface area contributed by atoms with Crippen LogP contribution in [0.15, 0.2) is 64.9 Å². The fourth-order valence-electron chi connectivity index (χ4n) is 3.82. The fourth-order valence-corrected chi connectivity index (χ4v) is 5.45. The van der Waals surface area contributed by atoms with Crippen LogP contribution >= 0.6 is 11.3 Å². The maximum absolute atomic E-state index is 13.2. The molecule has 0 bridgehead atoms. The molecule has 0 radical (unpaired) electrons. The molecule has 35 heavy (non-hydrogen) atoms. The van der Waals surface area contributed by atoms with Crippen molar-refractivity contribution >= 4 is 27.4 Å². The molecule has 10 heteroatoms. The van der Waals surface area contributed by atoms with Crippen LogP contribution in [-0.2, 0) is 21.4 Å². The number of hydrogen-bond donors (Lipinski definition) is 0. The standard InChI is InChI=1S/C25H27NO7S2/c1-30-19-8-10-21(11-9-19)35(28,29)33-23-15-18(7-12-22(23)31-2)16-26(17-20-5-3-13-32-20)25(27)24-6-4-14-34-24/h4,6-12,14-15,20H,3,5,13,16-17H2,1-2H3. The minimum Gasteiger partial charge on any atom is -0.497 e. The summed E-state index contributed by atoms with van der Waals surface area (Å²) in [4.78, 5) is 15.5. The molecule has 1 aliphatic heterocycles. The number of benzene rings is 2. The van der Waals surface area contributed by atoms with Crippen LogP contribution in [0.4, 0.5) is 0 Å². The number of amides is 1. The summed E-state index contributed by atoms with van der Waals surface area (Å²) in [6.45, 7) is 1.40. The molecule has 1 unspecified atom stereocenters. The van der Waals surface area contributed by atoms with Crippen LogP contribution < -0.4 is 13.7 Å². The number of methoxy groups -OCH3 is 2. The summed E-state index contributed by atoms with van der Waals surface area (Å²) in [6.07, 6.45) is 1.84. The second-order valence-corrected chi connectivity index (χ2v) is 10.5. The summed E-state index contributed by atoms with van der Waals surface area (Å²) < 4.78 is 47.4. The number of hydrogen-bond acceptors (Lipinski definition) is 8. The van der Waals surface area contributed by atoms with Crippen molar-refractivity contribution in [1.82, 2.24) is 4.90 Å². The van der Waals surface area contributed by atoms with E-state index in [0.717, 1.165) is 12.8 Å². The average molecular weight is 518 g/mol. The minimum atomic E-state index is -4.12. The molecule has 4 rings (SSSR count). The van der Waals surface area contributed by atoms with Gasteiger partial charge < -0.3 is 23.3 Å². The van der Waals surface area contributed by atoms with Crippen LogP contribution in [0.5, 0.6) is 17.2 Å². The summed E-state index contributed by atoms with van der Waals surface area (Å²) in [5, 5.41) is 1.86. The van der Waals surface area contributed by atoms with Gasteiger partial charge >= 0.3 is 10.1 Å². The Morgan fingerprint density at radius 3 is 2.51 bits per heavy atom. The molecule has 0 spiro atoms. The maximum atomic E-state index is 13.2. The van der Waals surface area contributed by atoms with Gasteiger partial charge in [-0.05, 0) is 66.2 Å². The van der Waals surface area contributed by atoms with Crippen molar-refractivity contribution in [3.63, 3.8) is 0 Å². The van der Waals surface area contributed by atoms with Crippen molar-refractivity contribution in [1.29, 1.82) is 0 Å². The molecule has 1 saturated heterocycles. The maximum Gasteiger partial charge on any atom is 0.339 e. The smallest absolute Gasteiger partial charge is 0.339 e. The van der Waals surface area contributed by atoms with Gasteiger partial charge in [-0.25, -0.2) is 0 Å². The van der Waals surface area contributed by atoms with Gasteiger partial charge in [-0.15, -0.1) is 11.3 Å². The van der Waals surface area contributed by atoms with E-state index in [2.05, 4.69) is 0 Å². The summed E-state index contributed by atoms with van der Waals surface area (Å²) >= 11 is 1.38. The van der Waals surface area contributed by atoms with E-state index in [-0.39, 0.29) is 35.0 Å². The first-order chi connectivity index (χ1) is 16.9. The number of ether oxygens (including phenoxy) is 3.